The van der Waals surface area contributed by atoms with Gasteiger partial charge in [-0.1, -0.05) is 0 Å². The molecule has 0 spiro atoms. The third kappa shape index (κ3) is 0.779. The molecule has 2 bridgehead atoms. The first kappa shape index (κ1) is 9.79. The molecule has 0 aromatic heterocycles. The highest BCUT2D eigenvalue weighted by atomic mass is 16.3. The van der Waals surface area contributed by atoms with Crippen LogP contribution in [0.25, 0.3) is 0 Å². The van der Waals surface area contributed by atoms with E-state index in [-0.39, 0.29) is 23.7 Å². The maximum Gasteiger partial charge on any atom is 0.233 e. The second-order valence-corrected chi connectivity index (χ2v) is 5.01. The molecular formula is C11H12N2O3. The van der Waals surface area contributed by atoms with Crippen molar-refractivity contribution in [2.24, 2.45) is 23.7 Å². The summed E-state index contributed by atoms with van der Waals surface area (Å²) < 4.78 is 0. The smallest absolute Gasteiger partial charge is 0.233 e. The normalized spacial score (nSPS) is 49.7. The third-order valence-corrected chi connectivity index (χ3v) is 4.58. The van der Waals surface area contributed by atoms with Crippen LogP contribution in [0.5, 0.6) is 0 Å². The topological polar surface area (TPSA) is 81.4 Å². The van der Waals surface area contributed by atoms with Crippen LogP contribution in [0.1, 0.15) is 12.8 Å². The third-order valence-electron chi connectivity index (χ3n) is 4.58. The van der Waals surface area contributed by atoms with Gasteiger partial charge in [0.1, 0.15) is 0 Å². The average Bonchev–Trinajstić information content (AvgIpc) is 2.82. The van der Waals surface area contributed by atoms with Gasteiger partial charge in [-0.15, -0.1) is 0 Å². The lowest BCUT2D eigenvalue weighted by molar-refractivity contribution is -0.140. The van der Waals surface area contributed by atoms with Crippen LogP contribution in [0.4, 0.5) is 0 Å². The summed E-state index contributed by atoms with van der Waals surface area (Å²) in [4.78, 5) is 24.9. The molecule has 2 saturated carbocycles. The minimum Gasteiger partial charge on any atom is -0.375 e. The molecule has 0 aromatic carbocycles. The standard InChI is InChI=1S/C11H12N2O3/c1-13-9(14)7-5-2-3-6(8(7)10(13)15)11(5,16)4-12/h5-8,16H,2-3H2,1H3/t5-,6+,7-,8+,11?. The van der Waals surface area contributed by atoms with Crippen molar-refractivity contribution in [2.45, 2.75) is 18.4 Å². The number of carbonyl (C=O) groups is 2. The summed E-state index contributed by atoms with van der Waals surface area (Å²) in [6.07, 6.45) is 1.34. The number of hydrogen-bond acceptors (Lipinski definition) is 4. The van der Waals surface area contributed by atoms with Crippen LogP contribution >= 0.6 is 0 Å². The van der Waals surface area contributed by atoms with Gasteiger partial charge >= 0.3 is 0 Å². The number of nitrogens with zero attached hydrogens (tertiary/aromatic N) is 2. The largest absolute Gasteiger partial charge is 0.375 e. The van der Waals surface area contributed by atoms with E-state index >= 15 is 0 Å². The van der Waals surface area contributed by atoms with Gasteiger partial charge < -0.3 is 5.11 Å². The van der Waals surface area contributed by atoms with Gasteiger partial charge in [-0.3, -0.25) is 14.5 Å². The molecule has 3 rings (SSSR count). The predicted molar refractivity (Wildman–Crippen MR) is 51.5 cm³/mol. The van der Waals surface area contributed by atoms with Crippen molar-refractivity contribution in [3.63, 3.8) is 0 Å². The van der Waals surface area contributed by atoms with E-state index in [4.69, 9.17) is 5.26 Å². The van der Waals surface area contributed by atoms with Gasteiger partial charge in [0.15, 0.2) is 5.60 Å². The number of aliphatic hydroxyl groups is 1. The summed E-state index contributed by atoms with van der Waals surface area (Å²) in [5.41, 5.74) is -1.46. The van der Waals surface area contributed by atoms with Crippen molar-refractivity contribution in [3.05, 3.63) is 0 Å². The maximum absolute atomic E-state index is 11.9. The first-order chi connectivity index (χ1) is 7.52. The Hall–Kier alpha value is -1.41. The second kappa shape index (κ2) is 2.64. The van der Waals surface area contributed by atoms with Gasteiger partial charge in [0, 0.05) is 18.9 Å². The molecule has 2 amide bonds. The molecule has 1 heterocycles. The van der Waals surface area contributed by atoms with Crippen LogP contribution in [0.2, 0.25) is 0 Å². The van der Waals surface area contributed by atoms with Crippen molar-refractivity contribution in [1.82, 2.24) is 4.90 Å². The first-order valence-electron chi connectivity index (χ1n) is 5.47. The number of carbonyl (C=O) groups excluding carboxylic acids is 2. The molecular weight excluding hydrogens is 208 g/mol. The summed E-state index contributed by atoms with van der Waals surface area (Å²) in [5, 5.41) is 19.3. The fourth-order valence-corrected chi connectivity index (χ4v) is 3.85. The lowest BCUT2D eigenvalue weighted by Gasteiger charge is -2.22. The lowest BCUT2D eigenvalue weighted by Crippen LogP contribution is -2.39. The fourth-order valence-electron chi connectivity index (χ4n) is 3.85. The minimum absolute atomic E-state index is 0.226. The Morgan fingerprint density at radius 1 is 1.31 bits per heavy atom. The molecule has 2 aliphatic carbocycles. The SMILES string of the molecule is CN1C(=O)[C@@H]2[C@H](C1=O)[C@H]1CC[C@@H]2C1(O)C#N. The summed E-state index contributed by atoms with van der Waals surface area (Å²) in [6, 6.07) is 1.92. The molecule has 1 N–H and O–H groups in total. The molecule has 1 aliphatic heterocycles. The van der Waals surface area contributed by atoms with E-state index in [2.05, 4.69) is 0 Å². The van der Waals surface area contributed by atoms with E-state index in [1.807, 2.05) is 6.07 Å². The van der Waals surface area contributed by atoms with E-state index in [0.29, 0.717) is 12.8 Å². The van der Waals surface area contributed by atoms with Crippen LogP contribution in [-0.4, -0.2) is 34.5 Å². The molecule has 5 heteroatoms. The Labute approximate surface area is 92.6 Å². The van der Waals surface area contributed by atoms with E-state index in [0.717, 1.165) is 4.90 Å². The van der Waals surface area contributed by atoms with Crippen LogP contribution in [-0.2, 0) is 9.59 Å². The zero-order valence-corrected chi connectivity index (χ0v) is 8.88. The second-order valence-electron chi connectivity index (χ2n) is 5.01. The monoisotopic (exact) mass is 220 g/mol. The van der Waals surface area contributed by atoms with Crippen molar-refractivity contribution >= 4 is 11.8 Å². The van der Waals surface area contributed by atoms with Crippen LogP contribution in [0.3, 0.4) is 0 Å². The zero-order valence-electron chi connectivity index (χ0n) is 8.88. The van der Waals surface area contributed by atoms with E-state index in [9.17, 15) is 14.7 Å². The summed E-state index contributed by atoms with van der Waals surface area (Å²) >= 11 is 0. The number of fused-ring (bicyclic) bond motifs is 5. The fraction of sp³-hybridized carbons (Fsp3) is 0.727. The van der Waals surface area contributed by atoms with Gasteiger partial charge in [0.05, 0.1) is 17.9 Å². The Kier molecular flexibility index (Phi) is 1.61. The molecule has 5 nitrogen and oxygen atoms in total. The molecule has 0 radical (unpaired) electrons. The van der Waals surface area contributed by atoms with Crippen LogP contribution in [0, 0.1) is 35.0 Å². The van der Waals surface area contributed by atoms with Crippen molar-refractivity contribution in [1.29, 1.82) is 5.26 Å². The van der Waals surface area contributed by atoms with Gasteiger partial charge in [0.2, 0.25) is 11.8 Å². The van der Waals surface area contributed by atoms with Gasteiger partial charge in [-0.2, -0.15) is 5.26 Å². The Morgan fingerprint density at radius 3 is 2.12 bits per heavy atom. The molecule has 3 fully saturated rings. The van der Waals surface area contributed by atoms with E-state index < -0.39 is 17.4 Å². The molecule has 0 aromatic rings. The van der Waals surface area contributed by atoms with Crippen LogP contribution in [0.15, 0.2) is 0 Å². The summed E-state index contributed by atoms with van der Waals surface area (Å²) in [5.74, 6) is -2.07. The highest BCUT2D eigenvalue weighted by molar-refractivity contribution is 6.06. The van der Waals surface area contributed by atoms with Crippen molar-refractivity contribution in [2.75, 3.05) is 7.05 Å². The van der Waals surface area contributed by atoms with E-state index in [1.54, 1.807) is 0 Å². The van der Waals surface area contributed by atoms with Gasteiger partial charge in [-0.05, 0) is 12.8 Å². The van der Waals surface area contributed by atoms with Crippen molar-refractivity contribution < 1.29 is 14.7 Å². The maximum atomic E-state index is 11.9. The highest BCUT2D eigenvalue weighted by Gasteiger charge is 2.71. The highest BCUT2D eigenvalue weighted by Crippen LogP contribution is 2.60. The molecule has 1 unspecified atom stereocenters. The summed E-state index contributed by atoms with van der Waals surface area (Å²) in [7, 11) is 1.48. The number of imide groups is 1. The molecule has 3 aliphatic rings. The molecule has 84 valence electrons. The van der Waals surface area contributed by atoms with Gasteiger partial charge in [0.25, 0.3) is 0 Å². The Bertz CT molecular complexity index is 409. The van der Waals surface area contributed by atoms with Crippen molar-refractivity contribution in [3.8, 4) is 6.07 Å². The number of hydrogen-bond donors (Lipinski definition) is 1. The van der Waals surface area contributed by atoms with Gasteiger partial charge in [-0.25, -0.2) is 0 Å². The quantitative estimate of drug-likeness (QED) is 0.441. The summed E-state index contributed by atoms with van der Waals surface area (Å²) in [6.45, 7) is 0. The van der Waals surface area contributed by atoms with E-state index in [1.165, 1.54) is 7.05 Å². The molecule has 16 heavy (non-hydrogen) atoms. The number of rotatable bonds is 0. The number of likely N-dealkylation sites (tertiary alicyclic amines) is 1. The Balaban J connectivity index is 2.10. The molecule has 5 atom stereocenters. The zero-order chi connectivity index (χ0) is 11.7. The minimum atomic E-state index is -1.46. The molecule has 1 saturated heterocycles. The average molecular weight is 220 g/mol. The number of amides is 2. The number of nitriles is 1. The lowest BCUT2D eigenvalue weighted by atomic mass is 9.81. The van der Waals surface area contributed by atoms with Crippen LogP contribution < -0.4 is 0 Å². The first-order valence-corrected chi connectivity index (χ1v) is 5.47. The Morgan fingerprint density at radius 2 is 1.75 bits per heavy atom. The predicted octanol–water partition coefficient (Wildman–Crippen LogP) is -0.488.